The number of rotatable bonds is 6. The van der Waals surface area contributed by atoms with Crippen LogP contribution in [0, 0.1) is 5.82 Å². The van der Waals surface area contributed by atoms with Gasteiger partial charge in [-0.25, -0.2) is 9.37 Å². The Morgan fingerprint density at radius 2 is 1.94 bits per heavy atom. The third-order valence-corrected chi connectivity index (χ3v) is 5.74. The van der Waals surface area contributed by atoms with Gasteiger partial charge in [-0.3, -0.25) is 8.96 Å². The number of anilines is 2. The third-order valence-electron chi connectivity index (χ3n) is 4.52. The summed E-state index contributed by atoms with van der Waals surface area (Å²) in [6, 6.07) is 9.03. The molecule has 0 aliphatic carbocycles. The fourth-order valence-electron chi connectivity index (χ4n) is 3.15. The maximum absolute atomic E-state index is 13.6. The van der Waals surface area contributed by atoms with Crippen molar-refractivity contribution in [3.63, 3.8) is 0 Å². The van der Waals surface area contributed by atoms with Crippen LogP contribution in [0.3, 0.4) is 0 Å². The molecule has 0 unspecified atom stereocenters. The summed E-state index contributed by atoms with van der Waals surface area (Å²) in [5.74, 6) is -0.436. The maximum Gasteiger partial charge on any atom is 0.433 e. The van der Waals surface area contributed by atoms with Crippen LogP contribution < -0.4 is 10.6 Å². The lowest BCUT2D eigenvalue weighted by Gasteiger charge is -2.12. The van der Waals surface area contributed by atoms with Crippen LogP contribution in [0.5, 0.6) is 0 Å². The van der Waals surface area contributed by atoms with Gasteiger partial charge in [0.25, 0.3) is 0 Å². The predicted octanol–water partition coefficient (Wildman–Crippen LogP) is 6.26. The van der Waals surface area contributed by atoms with Gasteiger partial charge >= 0.3 is 6.18 Å². The van der Waals surface area contributed by atoms with Gasteiger partial charge in [-0.15, -0.1) is 0 Å². The monoisotopic (exact) mass is 481 g/mol. The minimum Gasteiger partial charge on any atom is -0.353 e. The fourth-order valence-corrected chi connectivity index (χ4v) is 4.28. The van der Waals surface area contributed by atoms with Gasteiger partial charge in [0, 0.05) is 30.0 Å². The van der Waals surface area contributed by atoms with E-state index in [0.717, 1.165) is 28.7 Å². The SMILES string of the molecule is CNCc1cn(Sc2cncc(F)c2)c2cc(Nc3ccc(C(F)(F)F)nc3Cl)ccc12. The molecule has 0 aliphatic heterocycles. The van der Waals surface area contributed by atoms with E-state index in [0.29, 0.717) is 17.1 Å². The van der Waals surface area contributed by atoms with E-state index in [4.69, 9.17) is 11.6 Å². The molecule has 32 heavy (non-hydrogen) atoms. The van der Waals surface area contributed by atoms with Gasteiger partial charge in [-0.2, -0.15) is 13.2 Å². The zero-order valence-corrected chi connectivity index (χ0v) is 18.1. The van der Waals surface area contributed by atoms with E-state index < -0.39 is 17.7 Å². The first kappa shape index (κ1) is 22.4. The number of alkyl halides is 3. The fraction of sp³-hybridized carbons (Fsp3) is 0.143. The first-order valence-corrected chi connectivity index (χ1v) is 10.5. The van der Waals surface area contributed by atoms with E-state index in [9.17, 15) is 17.6 Å². The van der Waals surface area contributed by atoms with Crippen molar-refractivity contribution in [1.82, 2.24) is 19.3 Å². The van der Waals surface area contributed by atoms with Crippen molar-refractivity contribution >= 4 is 45.8 Å². The minimum atomic E-state index is -4.57. The van der Waals surface area contributed by atoms with Crippen LogP contribution >= 0.6 is 23.5 Å². The molecule has 0 amide bonds. The van der Waals surface area contributed by atoms with E-state index in [-0.39, 0.29) is 10.8 Å². The number of pyridine rings is 2. The van der Waals surface area contributed by atoms with E-state index in [1.54, 1.807) is 12.3 Å². The summed E-state index contributed by atoms with van der Waals surface area (Å²) in [6.45, 7) is 0.618. The van der Waals surface area contributed by atoms with Crippen LogP contribution in [0.2, 0.25) is 5.15 Å². The highest BCUT2D eigenvalue weighted by molar-refractivity contribution is 7.98. The molecular weight excluding hydrogens is 466 g/mol. The number of hydrogen-bond acceptors (Lipinski definition) is 5. The molecule has 4 aromatic rings. The molecule has 0 fully saturated rings. The lowest BCUT2D eigenvalue weighted by Crippen LogP contribution is -2.08. The zero-order chi connectivity index (χ0) is 22.9. The lowest BCUT2D eigenvalue weighted by molar-refractivity contribution is -0.141. The molecule has 11 heteroatoms. The summed E-state index contributed by atoms with van der Waals surface area (Å²) in [5, 5.41) is 6.81. The lowest BCUT2D eigenvalue weighted by atomic mass is 10.1. The summed E-state index contributed by atoms with van der Waals surface area (Å²) in [6.07, 6.45) is 0.0585. The molecular formula is C21H16ClF4N5S. The second-order valence-corrected chi connectivity index (χ2v) is 8.24. The van der Waals surface area contributed by atoms with Crippen LogP contribution in [0.1, 0.15) is 11.3 Å². The Labute approximate surface area is 190 Å². The van der Waals surface area contributed by atoms with E-state index in [2.05, 4.69) is 20.6 Å². The van der Waals surface area contributed by atoms with Crippen molar-refractivity contribution in [3.8, 4) is 0 Å². The summed E-state index contributed by atoms with van der Waals surface area (Å²) in [5.41, 5.74) is 1.64. The smallest absolute Gasteiger partial charge is 0.353 e. The first-order valence-electron chi connectivity index (χ1n) is 9.33. The summed E-state index contributed by atoms with van der Waals surface area (Å²) >= 11 is 7.26. The van der Waals surface area contributed by atoms with Gasteiger partial charge in [0.2, 0.25) is 0 Å². The van der Waals surface area contributed by atoms with Crippen molar-refractivity contribution in [2.24, 2.45) is 0 Å². The topological polar surface area (TPSA) is 54.8 Å². The summed E-state index contributed by atoms with van der Waals surface area (Å²) < 4.78 is 54.0. The number of benzene rings is 1. The minimum absolute atomic E-state index is 0.245. The van der Waals surface area contributed by atoms with E-state index in [1.807, 2.05) is 29.3 Å². The largest absolute Gasteiger partial charge is 0.433 e. The molecule has 3 aromatic heterocycles. The number of hydrogen-bond donors (Lipinski definition) is 2. The Hall–Kier alpha value is -2.82. The first-order chi connectivity index (χ1) is 15.2. The third kappa shape index (κ3) is 4.82. The molecule has 166 valence electrons. The zero-order valence-electron chi connectivity index (χ0n) is 16.5. The Kier molecular flexibility index (Phi) is 6.27. The molecule has 4 rings (SSSR count). The molecule has 3 heterocycles. The molecule has 0 saturated heterocycles. The quantitative estimate of drug-likeness (QED) is 0.251. The van der Waals surface area contributed by atoms with Gasteiger partial charge < -0.3 is 10.6 Å². The van der Waals surface area contributed by atoms with Gasteiger partial charge in [0.1, 0.15) is 11.5 Å². The van der Waals surface area contributed by atoms with Crippen molar-refractivity contribution in [3.05, 3.63) is 77.2 Å². The summed E-state index contributed by atoms with van der Waals surface area (Å²) in [7, 11) is 1.84. The second kappa shape index (κ2) is 8.97. The Balaban J connectivity index is 1.69. The average molecular weight is 482 g/mol. The summed E-state index contributed by atoms with van der Waals surface area (Å²) in [4.78, 5) is 7.92. The predicted molar refractivity (Wildman–Crippen MR) is 118 cm³/mol. The molecule has 0 atom stereocenters. The Bertz CT molecular complexity index is 1280. The number of nitrogens with one attached hydrogen (secondary N) is 2. The standard InChI is InChI=1S/C21H16ClF4N5S/c1-27-8-12-11-31(32-15-6-13(23)9-28-10-15)18-7-14(2-3-16(12)18)29-17-4-5-19(21(24,25)26)30-20(17)22/h2-7,9-11,27,29H,8H2,1H3. The van der Waals surface area contributed by atoms with Gasteiger partial charge in [0.15, 0.2) is 5.15 Å². The Morgan fingerprint density at radius 1 is 1.12 bits per heavy atom. The second-order valence-electron chi connectivity index (χ2n) is 6.83. The van der Waals surface area contributed by atoms with Gasteiger partial charge in [-0.1, -0.05) is 17.7 Å². The molecule has 2 N–H and O–H groups in total. The van der Waals surface area contributed by atoms with Gasteiger partial charge in [0.05, 0.1) is 22.3 Å². The highest BCUT2D eigenvalue weighted by Crippen LogP contribution is 2.34. The van der Waals surface area contributed by atoms with Gasteiger partial charge in [-0.05, 0) is 54.9 Å². The molecule has 5 nitrogen and oxygen atoms in total. The number of nitrogens with zero attached hydrogens (tertiary/aromatic N) is 3. The number of halogens is 5. The van der Waals surface area contributed by atoms with E-state index >= 15 is 0 Å². The van der Waals surface area contributed by atoms with Crippen LogP contribution in [0.25, 0.3) is 10.9 Å². The molecule has 0 aliphatic rings. The molecule has 0 spiro atoms. The number of aromatic nitrogens is 3. The maximum atomic E-state index is 13.6. The van der Waals surface area contributed by atoms with Crippen molar-refractivity contribution in [1.29, 1.82) is 0 Å². The van der Waals surface area contributed by atoms with Crippen LogP contribution in [-0.4, -0.2) is 21.0 Å². The molecule has 0 bridgehead atoms. The van der Waals surface area contributed by atoms with Crippen LogP contribution in [0.15, 0.2) is 59.9 Å². The average Bonchev–Trinajstić information content (AvgIpc) is 3.06. The molecule has 1 aromatic carbocycles. The molecule has 0 saturated carbocycles. The van der Waals surface area contributed by atoms with Crippen LogP contribution in [0.4, 0.5) is 28.9 Å². The Morgan fingerprint density at radius 3 is 2.62 bits per heavy atom. The number of fused-ring (bicyclic) bond motifs is 1. The van der Waals surface area contributed by atoms with E-state index in [1.165, 1.54) is 24.1 Å². The molecule has 0 radical (unpaired) electrons. The van der Waals surface area contributed by atoms with Crippen LogP contribution in [-0.2, 0) is 12.7 Å². The van der Waals surface area contributed by atoms with Crippen molar-refractivity contribution in [2.75, 3.05) is 12.4 Å². The van der Waals surface area contributed by atoms with Crippen molar-refractivity contribution < 1.29 is 17.6 Å². The highest BCUT2D eigenvalue weighted by atomic mass is 35.5. The van der Waals surface area contributed by atoms with Crippen molar-refractivity contribution in [2.45, 2.75) is 17.6 Å². The normalized spacial score (nSPS) is 11.8. The highest BCUT2D eigenvalue weighted by Gasteiger charge is 2.33.